The molecule has 4 heteroatoms. The van der Waals surface area contributed by atoms with Gasteiger partial charge in [0.25, 0.3) is 0 Å². The molecule has 1 heterocycles. The molecular formula is C9H11NO3. The van der Waals surface area contributed by atoms with Crippen LogP contribution in [0.2, 0.25) is 0 Å². The van der Waals surface area contributed by atoms with Gasteiger partial charge in [0.15, 0.2) is 0 Å². The lowest BCUT2D eigenvalue weighted by molar-refractivity contribution is -0.130. The Morgan fingerprint density at radius 2 is 2.38 bits per heavy atom. The molecule has 4 nitrogen and oxygen atoms in total. The van der Waals surface area contributed by atoms with E-state index in [4.69, 9.17) is 5.11 Å². The summed E-state index contributed by atoms with van der Waals surface area (Å²) in [5.74, 6) is -0.993. The van der Waals surface area contributed by atoms with Gasteiger partial charge < -0.3 is 14.4 Å². The Kier molecular flexibility index (Phi) is 2.74. The molecule has 1 aromatic heterocycles. The van der Waals surface area contributed by atoms with Crippen LogP contribution in [0.3, 0.4) is 0 Å². The van der Waals surface area contributed by atoms with Crippen molar-refractivity contribution in [2.24, 2.45) is 7.05 Å². The number of rotatable bonds is 3. The minimum Gasteiger partial charge on any atom is -0.503 e. The lowest BCUT2D eigenvalue weighted by Gasteiger charge is -1.97. The summed E-state index contributed by atoms with van der Waals surface area (Å²) < 4.78 is 6.46. The molecule has 1 N–H and O–H groups in total. The molecule has 0 aromatic carbocycles. The number of carbonyl (C=O) groups is 1. The number of carboxylic acids is 1. The van der Waals surface area contributed by atoms with Gasteiger partial charge in [-0.25, -0.2) is 4.79 Å². The summed E-state index contributed by atoms with van der Waals surface area (Å²) in [6, 6.07) is 1.72. The lowest BCUT2D eigenvalue weighted by atomic mass is 10.1. The standard InChI is InChI=1S/C9H11NO3/c1-10-4-3-7(5-10)8(6-13-2)9(11)12/h3-6H,1-2H3,(H,11,12). The van der Waals surface area contributed by atoms with Crippen LogP contribution < -0.4 is 0 Å². The molecule has 70 valence electrons. The zero-order chi connectivity index (χ0) is 9.84. The van der Waals surface area contributed by atoms with E-state index >= 15 is 0 Å². The van der Waals surface area contributed by atoms with E-state index < -0.39 is 5.97 Å². The number of nitrogens with zero attached hydrogens (tertiary/aromatic N) is 1. The molecule has 0 unspecified atom stereocenters. The minimum atomic E-state index is -0.993. The molecule has 0 bridgehead atoms. The van der Waals surface area contributed by atoms with E-state index in [9.17, 15) is 4.79 Å². The summed E-state index contributed by atoms with van der Waals surface area (Å²) in [5, 5.41) is 8.81. The normalized spacial score (nSPS) is 11.4. The first kappa shape index (κ1) is 9.38. The zero-order valence-corrected chi connectivity index (χ0v) is 7.52. The lowest BCUT2D eigenvalue weighted by Crippen LogP contribution is -1.99. The highest BCUT2D eigenvalue weighted by molar-refractivity contribution is 6.14. The molecular weight excluding hydrogens is 170 g/mol. The number of aryl methyl sites for hydroxylation is 1. The number of aromatic nitrogens is 1. The molecule has 0 aliphatic rings. The van der Waals surface area contributed by atoms with Crippen LogP contribution in [0.15, 0.2) is 24.7 Å². The Hall–Kier alpha value is -1.71. The average Bonchev–Trinajstić information content (AvgIpc) is 2.46. The topological polar surface area (TPSA) is 51.5 Å². The Bertz CT molecular complexity index is 338. The number of methoxy groups -OCH3 is 1. The second-order valence-corrected chi connectivity index (χ2v) is 2.64. The fourth-order valence-corrected chi connectivity index (χ4v) is 1.02. The number of carboxylic acid groups (broad SMARTS) is 1. The van der Waals surface area contributed by atoms with Crippen molar-refractivity contribution < 1.29 is 14.6 Å². The van der Waals surface area contributed by atoms with Gasteiger partial charge in [-0.3, -0.25) is 0 Å². The number of ether oxygens (including phenoxy) is 1. The maximum atomic E-state index is 10.7. The summed E-state index contributed by atoms with van der Waals surface area (Å²) >= 11 is 0. The van der Waals surface area contributed by atoms with E-state index in [0.29, 0.717) is 5.56 Å². The maximum Gasteiger partial charge on any atom is 0.339 e. The molecule has 1 aromatic rings. The number of aliphatic carboxylic acids is 1. The van der Waals surface area contributed by atoms with Gasteiger partial charge >= 0.3 is 5.97 Å². The minimum absolute atomic E-state index is 0.156. The van der Waals surface area contributed by atoms with Crippen LogP contribution in [0.1, 0.15) is 5.56 Å². The highest BCUT2D eigenvalue weighted by atomic mass is 16.5. The third-order valence-electron chi connectivity index (χ3n) is 1.61. The Morgan fingerprint density at radius 1 is 1.69 bits per heavy atom. The molecule has 0 amide bonds. The first-order valence-corrected chi connectivity index (χ1v) is 3.73. The predicted octanol–water partition coefficient (Wildman–Crippen LogP) is 1.10. The molecule has 13 heavy (non-hydrogen) atoms. The summed E-state index contributed by atoms with van der Waals surface area (Å²) in [7, 11) is 3.25. The Labute approximate surface area is 76.1 Å². The molecule has 0 saturated carbocycles. The van der Waals surface area contributed by atoms with Crippen molar-refractivity contribution in [2.75, 3.05) is 7.11 Å². The van der Waals surface area contributed by atoms with E-state index in [1.807, 2.05) is 7.05 Å². The summed E-state index contributed by atoms with van der Waals surface area (Å²) in [6.45, 7) is 0. The van der Waals surface area contributed by atoms with Crippen LogP contribution in [0.4, 0.5) is 0 Å². The second kappa shape index (κ2) is 3.80. The van der Waals surface area contributed by atoms with Gasteiger partial charge in [0.2, 0.25) is 0 Å². The highest BCUT2D eigenvalue weighted by Crippen LogP contribution is 2.14. The molecule has 0 atom stereocenters. The first-order chi connectivity index (χ1) is 6.15. The monoisotopic (exact) mass is 181 g/mol. The summed E-state index contributed by atoms with van der Waals surface area (Å²) in [4.78, 5) is 10.7. The third-order valence-corrected chi connectivity index (χ3v) is 1.61. The van der Waals surface area contributed by atoms with Crippen molar-refractivity contribution in [1.29, 1.82) is 0 Å². The van der Waals surface area contributed by atoms with Crippen molar-refractivity contribution in [3.8, 4) is 0 Å². The van der Waals surface area contributed by atoms with E-state index in [1.165, 1.54) is 13.4 Å². The molecule has 0 fully saturated rings. The third kappa shape index (κ3) is 2.11. The van der Waals surface area contributed by atoms with Crippen molar-refractivity contribution in [1.82, 2.24) is 4.57 Å². The molecule has 0 spiro atoms. The predicted molar refractivity (Wildman–Crippen MR) is 48.0 cm³/mol. The molecule has 0 aliphatic heterocycles. The first-order valence-electron chi connectivity index (χ1n) is 3.73. The van der Waals surface area contributed by atoms with Crippen molar-refractivity contribution in [2.45, 2.75) is 0 Å². The van der Waals surface area contributed by atoms with Gasteiger partial charge in [-0.2, -0.15) is 0 Å². The van der Waals surface area contributed by atoms with E-state index in [0.717, 1.165) is 0 Å². The van der Waals surface area contributed by atoms with Gasteiger partial charge in [0.05, 0.1) is 13.4 Å². The average molecular weight is 181 g/mol. The van der Waals surface area contributed by atoms with Crippen LogP contribution in [0, 0.1) is 0 Å². The van der Waals surface area contributed by atoms with Crippen LogP contribution in [0.25, 0.3) is 5.57 Å². The van der Waals surface area contributed by atoms with Crippen LogP contribution >= 0.6 is 0 Å². The Balaban J connectivity index is 3.02. The highest BCUT2D eigenvalue weighted by Gasteiger charge is 2.11. The summed E-state index contributed by atoms with van der Waals surface area (Å²) in [6.07, 6.45) is 4.72. The molecule has 1 rings (SSSR count). The van der Waals surface area contributed by atoms with E-state index in [1.54, 1.807) is 23.0 Å². The zero-order valence-electron chi connectivity index (χ0n) is 7.52. The second-order valence-electron chi connectivity index (χ2n) is 2.64. The van der Waals surface area contributed by atoms with Crippen molar-refractivity contribution in [3.05, 3.63) is 30.3 Å². The molecule has 0 radical (unpaired) electrons. The van der Waals surface area contributed by atoms with Gasteiger partial charge in [-0.15, -0.1) is 0 Å². The maximum absolute atomic E-state index is 10.7. The van der Waals surface area contributed by atoms with Gasteiger partial charge in [-0.1, -0.05) is 0 Å². The number of hydrogen-bond acceptors (Lipinski definition) is 2. The SMILES string of the molecule is COC=C(C(=O)O)c1ccn(C)c1. The number of hydrogen-bond donors (Lipinski definition) is 1. The van der Waals surface area contributed by atoms with Crippen LogP contribution in [-0.4, -0.2) is 22.8 Å². The van der Waals surface area contributed by atoms with E-state index in [-0.39, 0.29) is 5.57 Å². The van der Waals surface area contributed by atoms with Crippen LogP contribution in [0.5, 0.6) is 0 Å². The smallest absolute Gasteiger partial charge is 0.339 e. The van der Waals surface area contributed by atoms with E-state index in [2.05, 4.69) is 4.74 Å². The fraction of sp³-hybridized carbons (Fsp3) is 0.222. The summed E-state index contributed by atoms with van der Waals surface area (Å²) in [5.41, 5.74) is 0.792. The van der Waals surface area contributed by atoms with Gasteiger partial charge in [0, 0.05) is 25.0 Å². The Morgan fingerprint density at radius 3 is 2.77 bits per heavy atom. The molecule has 0 saturated heterocycles. The van der Waals surface area contributed by atoms with Gasteiger partial charge in [-0.05, 0) is 6.07 Å². The van der Waals surface area contributed by atoms with Crippen molar-refractivity contribution in [3.63, 3.8) is 0 Å². The fourth-order valence-electron chi connectivity index (χ4n) is 1.02. The van der Waals surface area contributed by atoms with Crippen LogP contribution in [-0.2, 0) is 16.6 Å². The van der Waals surface area contributed by atoms with Crippen molar-refractivity contribution >= 4 is 11.5 Å². The quantitative estimate of drug-likeness (QED) is 0.561. The molecule has 0 aliphatic carbocycles. The van der Waals surface area contributed by atoms with Gasteiger partial charge in [0.1, 0.15) is 5.57 Å². The largest absolute Gasteiger partial charge is 0.503 e.